The Morgan fingerprint density at radius 2 is 1.83 bits per heavy atom. The van der Waals surface area contributed by atoms with Gasteiger partial charge in [-0.3, -0.25) is 18.9 Å². The molecule has 42 heavy (non-hydrogen) atoms. The summed E-state index contributed by atoms with van der Waals surface area (Å²) in [4.78, 5) is 38.3. The average Bonchev–Trinajstić information content (AvgIpc) is 3.62. The van der Waals surface area contributed by atoms with Crippen molar-refractivity contribution >= 4 is 49.8 Å². The second kappa shape index (κ2) is 10.9. The molecule has 10 heteroatoms. The highest BCUT2D eigenvalue weighted by Gasteiger charge is 2.49. The number of carbonyl (C=O) groups is 2. The fourth-order valence-electron chi connectivity index (χ4n) is 5.29. The van der Waals surface area contributed by atoms with E-state index in [1.54, 1.807) is 35.7 Å². The number of ether oxygens (including phenoxy) is 2. The highest BCUT2D eigenvalue weighted by Crippen LogP contribution is 2.46. The van der Waals surface area contributed by atoms with Gasteiger partial charge in [0, 0.05) is 6.20 Å². The minimum atomic E-state index is -0.972. The van der Waals surface area contributed by atoms with Crippen LogP contribution in [0.15, 0.2) is 66.4 Å². The standard InChI is InChI=1S/C32H30N4O5S/c1-5-15-41-22-13-11-20(17-23(22)40-6-2)28-26(29(37)27-19(4)33-25-9-7-8-14-35(25)27)30(38)31(39)36(28)32-34-21-12-10-18(3)16-24(21)42-32/h7-14,16-17,28,37H,5-6,15H2,1-4H3/b29-26+. The van der Waals surface area contributed by atoms with Gasteiger partial charge in [0.25, 0.3) is 5.78 Å². The molecule has 1 amide bonds. The lowest BCUT2D eigenvalue weighted by Crippen LogP contribution is -2.29. The van der Waals surface area contributed by atoms with Crippen LogP contribution in [0.4, 0.5) is 5.13 Å². The number of hydrogen-bond donors (Lipinski definition) is 1. The van der Waals surface area contributed by atoms with Crippen LogP contribution in [0.3, 0.4) is 0 Å². The monoisotopic (exact) mass is 582 g/mol. The molecule has 6 rings (SSSR count). The number of aliphatic hydroxyl groups is 1. The normalized spacial score (nSPS) is 16.6. The number of imidazole rings is 1. The molecular formula is C32H30N4O5S. The molecule has 1 unspecified atom stereocenters. The number of carbonyl (C=O) groups excluding carboxylic acids is 2. The van der Waals surface area contributed by atoms with Crippen LogP contribution in [0, 0.1) is 13.8 Å². The van der Waals surface area contributed by atoms with Crippen molar-refractivity contribution in [2.45, 2.75) is 40.2 Å². The second-order valence-corrected chi connectivity index (χ2v) is 11.1. The number of amides is 1. The van der Waals surface area contributed by atoms with Crippen molar-refractivity contribution in [3.8, 4) is 11.5 Å². The van der Waals surface area contributed by atoms with E-state index in [1.807, 2.05) is 57.2 Å². The van der Waals surface area contributed by atoms with Crippen LogP contribution in [-0.4, -0.2) is 44.4 Å². The molecule has 1 aliphatic heterocycles. The number of pyridine rings is 1. The predicted octanol–water partition coefficient (Wildman–Crippen LogP) is 6.37. The zero-order valence-electron chi connectivity index (χ0n) is 23.7. The number of fused-ring (bicyclic) bond motifs is 2. The summed E-state index contributed by atoms with van der Waals surface area (Å²) in [5, 5.41) is 12.2. The number of rotatable bonds is 8. The summed E-state index contributed by atoms with van der Waals surface area (Å²) in [6, 6.07) is 15.7. The summed E-state index contributed by atoms with van der Waals surface area (Å²) in [7, 11) is 0. The molecule has 9 nitrogen and oxygen atoms in total. The van der Waals surface area contributed by atoms with Crippen LogP contribution < -0.4 is 14.4 Å². The number of ketones is 1. The van der Waals surface area contributed by atoms with Crippen molar-refractivity contribution in [1.29, 1.82) is 0 Å². The summed E-state index contributed by atoms with van der Waals surface area (Å²) in [6.45, 7) is 8.54. The SMILES string of the molecule is CCCOc1ccc(C2/C(=C(\O)c3c(C)nc4ccccn34)C(=O)C(=O)N2c2nc3ccc(C)cc3s2)cc1OCC. The largest absolute Gasteiger partial charge is 0.505 e. The molecule has 1 saturated heterocycles. The number of thiazole rings is 1. The predicted molar refractivity (Wildman–Crippen MR) is 162 cm³/mol. The Hall–Kier alpha value is -4.70. The Bertz CT molecular complexity index is 1890. The Morgan fingerprint density at radius 3 is 2.62 bits per heavy atom. The first-order valence-corrected chi connectivity index (χ1v) is 14.7. The third kappa shape index (κ3) is 4.57. The number of Topliss-reactive ketones (excluding diaryl/α,β-unsaturated/α-hetero) is 1. The molecule has 1 atom stereocenters. The van der Waals surface area contributed by atoms with Gasteiger partial charge in [-0.15, -0.1) is 0 Å². The molecule has 0 aliphatic carbocycles. The van der Waals surface area contributed by atoms with E-state index in [9.17, 15) is 14.7 Å². The molecule has 5 aromatic rings. The van der Waals surface area contributed by atoms with Gasteiger partial charge in [0.2, 0.25) is 0 Å². The van der Waals surface area contributed by atoms with E-state index in [1.165, 1.54) is 16.2 Å². The Labute approximate surface area is 246 Å². The Balaban J connectivity index is 1.59. The Kier molecular flexibility index (Phi) is 7.16. The minimum absolute atomic E-state index is 0.0473. The first kappa shape index (κ1) is 27.5. The van der Waals surface area contributed by atoms with Gasteiger partial charge in [0.05, 0.1) is 40.7 Å². The van der Waals surface area contributed by atoms with Crippen molar-refractivity contribution in [1.82, 2.24) is 14.4 Å². The molecule has 214 valence electrons. The van der Waals surface area contributed by atoms with Gasteiger partial charge in [-0.05, 0) is 74.7 Å². The van der Waals surface area contributed by atoms with Crippen molar-refractivity contribution in [3.63, 3.8) is 0 Å². The van der Waals surface area contributed by atoms with Crippen LogP contribution in [-0.2, 0) is 9.59 Å². The fourth-order valence-corrected chi connectivity index (χ4v) is 6.38. The van der Waals surface area contributed by atoms with Gasteiger partial charge in [0.15, 0.2) is 22.4 Å². The van der Waals surface area contributed by atoms with Gasteiger partial charge >= 0.3 is 5.91 Å². The lowest BCUT2D eigenvalue weighted by atomic mass is 9.96. The maximum absolute atomic E-state index is 13.8. The van der Waals surface area contributed by atoms with Gasteiger partial charge in [0.1, 0.15) is 11.3 Å². The number of benzene rings is 2. The van der Waals surface area contributed by atoms with Gasteiger partial charge in [-0.1, -0.05) is 36.5 Å². The molecule has 3 aromatic heterocycles. The van der Waals surface area contributed by atoms with Crippen molar-refractivity contribution < 1.29 is 24.2 Å². The average molecular weight is 583 g/mol. The molecule has 0 saturated carbocycles. The maximum atomic E-state index is 13.8. The lowest BCUT2D eigenvalue weighted by Gasteiger charge is -2.24. The summed E-state index contributed by atoms with van der Waals surface area (Å²) in [5.41, 5.74) is 3.79. The van der Waals surface area contributed by atoms with Crippen LogP contribution in [0.5, 0.6) is 11.5 Å². The summed E-state index contributed by atoms with van der Waals surface area (Å²) >= 11 is 1.32. The summed E-state index contributed by atoms with van der Waals surface area (Å²) < 4.78 is 14.4. The lowest BCUT2D eigenvalue weighted by molar-refractivity contribution is -0.132. The first-order chi connectivity index (χ1) is 20.3. The third-order valence-corrected chi connectivity index (χ3v) is 8.17. The third-order valence-electron chi connectivity index (χ3n) is 7.16. The van der Waals surface area contributed by atoms with E-state index in [0.717, 1.165) is 22.2 Å². The molecule has 1 aliphatic rings. The number of anilines is 1. The van der Waals surface area contributed by atoms with E-state index in [-0.39, 0.29) is 11.3 Å². The van der Waals surface area contributed by atoms with E-state index >= 15 is 0 Å². The van der Waals surface area contributed by atoms with E-state index in [2.05, 4.69) is 4.98 Å². The minimum Gasteiger partial charge on any atom is -0.505 e. The molecule has 0 radical (unpaired) electrons. The van der Waals surface area contributed by atoms with Crippen molar-refractivity contribution in [2.24, 2.45) is 0 Å². The van der Waals surface area contributed by atoms with Crippen LogP contribution >= 0.6 is 11.3 Å². The van der Waals surface area contributed by atoms with Crippen molar-refractivity contribution in [2.75, 3.05) is 18.1 Å². The van der Waals surface area contributed by atoms with Gasteiger partial charge < -0.3 is 14.6 Å². The number of aromatic nitrogens is 3. The van der Waals surface area contributed by atoms with E-state index in [0.29, 0.717) is 52.4 Å². The van der Waals surface area contributed by atoms with Gasteiger partial charge in [-0.25, -0.2) is 9.97 Å². The molecule has 1 N–H and O–H groups in total. The van der Waals surface area contributed by atoms with Gasteiger partial charge in [-0.2, -0.15) is 0 Å². The quantitative estimate of drug-likeness (QED) is 0.129. The number of aliphatic hydroxyl groups excluding tert-OH is 1. The highest BCUT2D eigenvalue weighted by atomic mass is 32.1. The van der Waals surface area contributed by atoms with Crippen molar-refractivity contribution in [3.05, 3.63) is 88.9 Å². The molecule has 0 spiro atoms. The number of aryl methyl sites for hydroxylation is 2. The van der Waals surface area contributed by atoms with E-state index in [4.69, 9.17) is 14.5 Å². The molecular weight excluding hydrogens is 552 g/mol. The van der Waals surface area contributed by atoms with Crippen LogP contribution in [0.25, 0.3) is 21.6 Å². The van der Waals surface area contributed by atoms with Crippen LogP contribution in [0.2, 0.25) is 0 Å². The smallest absolute Gasteiger partial charge is 0.301 e. The Morgan fingerprint density at radius 1 is 1.00 bits per heavy atom. The topological polar surface area (TPSA) is 106 Å². The molecule has 0 bridgehead atoms. The zero-order chi connectivity index (χ0) is 29.5. The van der Waals surface area contributed by atoms with E-state index < -0.39 is 17.7 Å². The molecule has 4 heterocycles. The fraction of sp³-hybridized carbons (Fsp3) is 0.250. The molecule has 2 aromatic carbocycles. The van der Waals surface area contributed by atoms with Crippen LogP contribution in [0.1, 0.15) is 48.8 Å². The molecule has 1 fully saturated rings. The second-order valence-electron chi connectivity index (χ2n) is 10.1. The maximum Gasteiger partial charge on any atom is 0.301 e. The highest BCUT2D eigenvalue weighted by molar-refractivity contribution is 7.22. The summed E-state index contributed by atoms with van der Waals surface area (Å²) in [6.07, 6.45) is 2.58. The summed E-state index contributed by atoms with van der Waals surface area (Å²) in [5.74, 6) is -0.832. The number of hydrogen-bond acceptors (Lipinski definition) is 8. The first-order valence-electron chi connectivity index (χ1n) is 13.8. The zero-order valence-corrected chi connectivity index (χ0v) is 24.6. The number of nitrogens with zero attached hydrogens (tertiary/aromatic N) is 4.